The Morgan fingerprint density at radius 2 is 1.57 bits per heavy atom. The predicted molar refractivity (Wildman–Crippen MR) is 112 cm³/mol. The van der Waals surface area contributed by atoms with Crippen molar-refractivity contribution in [1.29, 1.82) is 0 Å². The van der Waals surface area contributed by atoms with Crippen LogP contribution < -0.4 is 0 Å². The lowest BCUT2D eigenvalue weighted by atomic mass is 9.87. The van der Waals surface area contributed by atoms with Crippen LogP contribution in [-0.2, 0) is 10.2 Å². The molecule has 1 unspecified atom stereocenters. The molecule has 0 aliphatic carbocycles. The highest BCUT2D eigenvalue weighted by molar-refractivity contribution is 7.86. The van der Waals surface area contributed by atoms with Gasteiger partial charge in [0.05, 0.1) is 11.6 Å². The number of aromatic nitrogens is 1. The minimum absolute atomic E-state index is 0.0543. The fraction of sp³-hybridized carbons (Fsp3) is 0.0909. The Morgan fingerprint density at radius 3 is 2.27 bits per heavy atom. The molecule has 6 nitrogen and oxygen atoms in total. The number of benzene rings is 3. The zero-order valence-corrected chi connectivity index (χ0v) is 16.5. The number of hydrogen-bond donors (Lipinski definition) is 1. The van der Waals surface area contributed by atoms with Gasteiger partial charge in [-0.1, -0.05) is 66.7 Å². The summed E-state index contributed by atoms with van der Waals surface area (Å²) in [7, 11) is -5.07. The van der Waals surface area contributed by atoms with Gasteiger partial charge in [0.1, 0.15) is 4.90 Å². The fourth-order valence-electron chi connectivity index (χ4n) is 3.84. The van der Waals surface area contributed by atoms with E-state index in [0.29, 0.717) is 16.6 Å². The molecule has 1 N–H and O–H groups in total. The summed E-state index contributed by atoms with van der Waals surface area (Å²) in [5, 5.41) is 12.3. The summed E-state index contributed by atoms with van der Waals surface area (Å²) in [6.45, 7) is -0.589. The highest BCUT2D eigenvalue weighted by Gasteiger charge is 2.32. The summed E-state index contributed by atoms with van der Waals surface area (Å²) in [4.78, 5) is 13.8. The SMILES string of the molecule is O=[N+]([O-])CC(c1ccccc1S(=O)(=O)F)c1c(-c2ccccc2)[nH]c2ccccc12. The highest BCUT2D eigenvalue weighted by Crippen LogP contribution is 2.40. The van der Waals surface area contributed by atoms with Crippen LogP contribution in [0.25, 0.3) is 22.2 Å². The molecule has 1 aromatic heterocycles. The maximum Gasteiger partial charge on any atom is 0.332 e. The summed E-state index contributed by atoms with van der Waals surface area (Å²) in [5.41, 5.74) is 2.79. The van der Waals surface area contributed by atoms with Crippen LogP contribution in [0, 0.1) is 10.1 Å². The largest absolute Gasteiger partial charge is 0.354 e. The van der Waals surface area contributed by atoms with Crippen molar-refractivity contribution < 1.29 is 17.2 Å². The summed E-state index contributed by atoms with van der Waals surface area (Å²) >= 11 is 0. The Balaban J connectivity index is 2.06. The number of fused-ring (bicyclic) bond motifs is 1. The van der Waals surface area contributed by atoms with E-state index < -0.39 is 32.5 Å². The van der Waals surface area contributed by atoms with Crippen LogP contribution in [0.2, 0.25) is 0 Å². The molecule has 0 fully saturated rings. The molecular formula is C22H17FN2O4S. The smallest absolute Gasteiger partial charge is 0.332 e. The van der Waals surface area contributed by atoms with Gasteiger partial charge in [0, 0.05) is 15.8 Å². The van der Waals surface area contributed by atoms with Gasteiger partial charge in [-0.25, -0.2) is 0 Å². The lowest BCUT2D eigenvalue weighted by Gasteiger charge is -2.18. The van der Waals surface area contributed by atoms with Gasteiger partial charge in [0.25, 0.3) is 0 Å². The van der Waals surface area contributed by atoms with Crippen molar-refractivity contribution in [2.24, 2.45) is 0 Å². The third kappa shape index (κ3) is 3.69. The zero-order valence-electron chi connectivity index (χ0n) is 15.7. The molecule has 1 atom stereocenters. The van der Waals surface area contributed by atoms with E-state index in [0.717, 1.165) is 17.1 Å². The van der Waals surface area contributed by atoms with Gasteiger partial charge >= 0.3 is 10.2 Å². The number of nitrogens with zero attached hydrogens (tertiary/aromatic N) is 1. The first-order chi connectivity index (χ1) is 14.4. The molecule has 1 heterocycles. The van der Waals surface area contributed by atoms with E-state index in [1.54, 1.807) is 12.1 Å². The summed E-state index contributed by atoms with van der Waals surface area (Å²) < 4.78 is 37.6. The van der Waals surface area contributed by atoms with E-state index in [1.165, 1.54) is 12.1 Å². The molecule has 0 bridgehead atoms. The molecule has 0 saturated carbocycles. The van der Waals surface area contributed by atoms with Crippen LogP contribution in [0.15, 0.2) is 83.8 Å². The highest BCUT2D eigenvalue weighted by atomic mass is 32.3. The molecule has 0 saturated heterocycles. The number of nitro groups is 1. The van der Waals surface area contributed by atoms with Gasteiger partial charge in [-0.3, -0.25) is 10.1 Å². The first-order valence-corrected chi connectivity index (χ1v) is 10.6. The standard InChI is InChI=1S/C22H17FN2O4S/c23-30(28,29)20-13-7-5-10-16(20)18(14-25(26)27)21-17-11-4-6-12-19(17)24-22(21)15-8-2-1-3-9-15/h1-13,18,24H,14H2. The Kier molecular flexibility index (Phi) is 5.09. The molecular weight excluding hydrogens is 407 g/mol. The Labute approximate surface area is 172 Å². The van der Waals surface area contributed by atoms with Crippen molar-refractivity contribution in [2.45, 2.75) is 10.8 Å². The van der Waals surface area contributed by atoms with E-state index >= 15 is 0 Å². The van der Waals surface area contributed by atoms with Gasteiger partial charge in [0.2, 0.25) is 6.54 Å². The fourth-order valence-corrected chi connectivity index (χ4v) is 4.58. The van der Waals surface area contributed by atoms with Gasteiger partial charge in [-0.15, -0.1) is 3.89 Å². The van der Waals surface area contributed by atoms with E-state index in [1.807, 2.05) is 48.5 Å². The van der Waals surface area contributed by atoms with Crippen molar-refractivity contribution in [3.8, 4) is 11.3 Å². The van der Waals surface area contributed by atoms with Crippen molar-refractivity contribution in [3.05, 3.63) is 100 Å². The molecule has 0 amide bonds. The van der Waals surface area contributed by atoms with Gasteiger partial charge in [-0.05, 0) is 28.8 Å². The molecule has 8 heteroatoms. The average Bonchev–Trinajstić information content (AvgIpc) is 3.11. The monoisotopic (exact) mass is 424 g/mol. The molecule has 4 aromatic rings. The third-order valence-corrected chi connectivity index (χ3v) is 5.94. The van der Waals surface area contributed by atoms with E-state index in [2.05, 4.69) is 4.98 Å². The van der Waals surface area contributed by atoms with Crippen molar-refractivity contribution in [3.63, 3.8) is 0 Å². The normalized spacial score (nSPS) is 12.7. The molecule has 0 spiro atoms. The van der Waals surface area contributed by atoms with Gasteiger partial charge in [0.15, 0.2) is 0 Å². The first kappa shape index (κ1) is 19.8. The maximum absolute atomic E-state index is 14.1. The van der Waals surface area contributed by atoms with Crippen molar-refractivity contribution >= 4 is 21.1 Å². The van der Waals surface area contributed by atoms with Crippen LogP contribution in [0.1, 0.15) is 17.0 Å². The van der Waals surface area contributed by atoms with E-state index in [-0.39, 0.29) is 5.56 Å². The summed E-state index contributed by atoms with van der Waals surface area (Å²) in [5.74, 6) is -0.979. The minimum Gasteiger partial charge on any atom is -0.354 e. The Bertz CT molecular complexity index is 1330. The van der Waals surface area contributed by atoms with Crippen LogP contribution >= 0.6 is 0 Å². The van der Waals surface area contributed by atoms with E-state index in [4.69, 9.17) is 0 Å². The molecule has 0 aliphatic rings. The Hall–Kier alpha value is -3.52. The molecule has 4 rings (SSSR count). The molecule has 152 valence electrons. The number of nitrogens with one attached hydrogen (secondary N) is 1. The first-order valence-electron chi connectivity index (χ1n) is 9.17. The van der Waals surface area contributed by atoms with Crippen LogP contribution in [0.4, 0.5) is 3.89 Å². The van der Waals surface area contributed by atoms with Gasteiger partial charge in [-0.2, -0.15) is 8.42 Å². The number of H-pyrrole nitrogens is 1. The summed E-state index contributed by atoms with van der Waals surface area (Å²) in [6, 6.07) is 22.0. The molecule has 3 aromatic carbocycles. The predicted octanol–water partition coefficient (Wildman–Crippen LogP) is 4.90. The number of hydrogen-bond acceptors (Lipinski definition) is 4. The maximum atomic E-state index is 14.1. The zero-order chi connectivity index (χ0) is 21.3. The lowest BCUT2D eigenvalue weighted by molar-refractivity contribution is -0.481. The average molecular weight is 424 g/mol. The van der Waals surface area contributed by atoms with Gasteiger partial charge < -0.3 is 4.98 Å². The Morgan fingerprint density at radius 1 is 0.933 bits per heavy atom. The van der Waals surface area contributed by atoms with Crippen LogP contribution in [-0.4, -0.2) is 24.9 Å². The second-order valence-corrected chi connectivity index (χ2v) is 8.18. The minimum atomic E-state index is -5.07. The second-order valence-electron chi connectivity index (χ2n) is 6.87. The van der Waals surface area contributed by atoms with Crippen LogP contribution in [0.3, 0.4) is 0 Å². The molecule has 0 radical (unpaired) electrons. The number of para-hydroxylation sites is 1. The number of halogens is 1. The molecule has 30 heavy (non-hydrogen) atoms. The quantitative estimate of drug-likeness (QED) is 0.271. The lowest BCUT2D eigenvalue weighted by Crippen LogP contribution is -2.17. The number of rotatable bonds is 6. The second kappa shape index (κ2) is 7.72. The van der Waals surface area contributed by atoms with Crippen molar-refractivity contribution in [1.82, 2.24) is 4.98 Å². The third-order valence-electron chi connectivity index (χ3n) is 5.05. The van der Waals surface area contributed by atoms with Crippen LogP contribution in [0.5, 0.6) is 0 Å². The van der Waals surface area contributed by atoms with E-state index in [9.17, 15) is 22.4 Å². The summed E-state index contributed by atoms with van der Waals surface area (Å²) in [6.07, 6.45) is 0. The number of aromatic amines is 1. The topological polar surface area (TPSA) is 93.1 Å². The van der Waals surface area contributed by atoms with Crippen molar-refractivity contribution in [2.75, 3.05) is 6.54 Å². The molecule has 0 aliphatic heterocycles.